The van der Waals surface area contributed by atoms with Gasteiger partial charge < -0.3 is 4.74 Å². The fourth-order valence-corrected chi connectivity index (χ4v) is 1.61. The highest BCUT2D eigenvalue weighted by Crippen LogP contribution is 2.20. The predicted octanol–water partition coefficient (Wildman–Crippen LogP) is 2.05. The summed E-state index contributed by atoms with van der Waals surface area (Å²) in [5.74, 6) is -0.280. The van der Waals surface area contributed by atoms with E-state index in [-0.39, 0.29) is 11.3 Å². The summed E-state index contributed by atoms with van der Waals surface area (Å²) < 4.78 is 20.4. The monoisotopic (exact) mass is 245 g/mol. The second-order valence-electron chi connectivity index (χ2n) is 3.85. The first-order chi connectivity index (χ1) is 8.70. The van der Waals surface area contributed by atoms with E-state index < -0.39 is 5.82 Å². The zero-order chi connectivity index (χ0) is 13.0. The summed E-state index contributed by atoms with van der Waals surface area (Å²) in [6.07, 6.45) is 4.30. The summed E-state index contributed by atoms with van der Waals surface area (Å²) in [5, 5.41) is 12.9. The lowest BCUT2D eigenvalue weighted by molar-refractivity contribution is 0.319. The Bertz CT molecular complexity index is 586. The van der Waals surface area contributed by atoms with Crippen LogP contribution in [0.25, 0.3) is 0 Å². The number of halogens is 1. The van der Waals surface area contributed by atoms with Gasteiger partial charge in [0.1, 0.15) is 23.2 Å². The lowest BCUT2D eigenvalue weighted by Crippen LogP contribution is -2.03. The minimum atomic E-state index is -0.559. The molecule has 0 N–H and O–H groups in total. The summed E-state index contributed by atoms with van der Waals surface area (Å²) in [6, 6.07) is 6.15. The molecule has 5 heteroatoms. The maximum absolute atomic E-state index is 13.3. The van der Waals surface area contributed by atoms with Crippen LogP contribution in [0, 0.1) is 17.1 Å². The Morgan fingerprint density at radius 2 is 2.33 bits per heavy atom. The normalized spacial score (nSPS) is 10.1. The van der Waals surface area contributed by atoms with Crippen LogP contribution in [0.1, 0.15) is 11.1 Å². The van der Waals surface area contributed by atoms with Gasteiger partial charge in [-0.1, -0.05) is 6.07 Å². The van der Waals surface area contributed by atoms with E-state index in [2.05, 4.69) is 5.10 Å². The molecular weight excluding hydrogens is 233 g/mol. The molecule has 4 nitrogen and oxygen atoms in total. The maximum atomic E-state index is 13.3. The molecule has 92 valence electrons. The number of benzene rings is 1. The van der Waals surface area contributed by atoms with Gasteiger partial charge in [0.2, 0.25) is 0 Å². The van der Waals surface area contributed by atoms with Gasteiger partial charge in [0.25, 0.3) is 0 Å². The van der Waals surface area contributed by atoms with Crippen molar-refractivity contribution >= 4 is 0 Å². The van der Waals surface area contributed by atoms with Crippen LogP contribution >= 0.6 is 0 Å². The highest BCUT2D eigenvalue weighted by atomic mass is 19.1. The van der Waals surface area contributed by atoms with E-state index in [0.29, 0.717) is 13.0 Å². The molecule has 0 bridgehead atoms. The third-order valence-corrected chi connectivity index (χ3v) is 2.49. The molecule has 0 fully saturated rings. The van der Waals surface area contributed by atoms with Crippen molar-refractivity contribution in [1.29, 1.82) is 5.26 Å². The van der Waals surface area contributed by atoms with Gasteiger partial charge in [0, 0.05) is 19.7 Å². The van der Waals surface area contributed by atoms with Crippen molar-refractivity contribution in [3.63, 3.8) is 0 Å². The Morgan fingerprint density at radius 1 is 1.50 bits per heavy atom. The van der Waals surface area contributed by atoms with Crippen LogP contribution in [0.15, 0.2) is 30.6 Å². The molecule has 2 rings (SSSR count). The van der Waals surface area contributed by atoms with E-state index in [1.807, 2.05) is 13.2 Å². The molecule has 0 aliphatic carbocycles. The Balaban J connectivity index is 1.99. The smallest absolute Gasteiger partial charge is 0.144 e. The van der Waals surface area contributed by atoms with E-state index in [1.54, 1.807) is 23.0 Å². The molecule has 0 atom stereocenters. The summed E-state index contributed by atoms with van der Waals surface area (Å²) in [4.78, 5) is 0. The van der Waals surface area contributed by atoms with Crippen molar-refractivity contribution in [1.82, 2.24) is 9.78 Å². The van der Waals surface area contributed by atoms with E-state index in [0.717, 1.165) is 5.56 Å². The van der Waals surface area contributed by atoms with Crippen LogP contribution in [-0.2, 0) is 13.5 Å². The lowest BCUT2D eigenvalue weighted by Gasteiger charge is -2.07. The molecule has 1 aromatic carbocycles. The van der Waals surface area contributed by atoms with Crippen molar-refractivity contribution in [3.05, 3.63) is 47.5 Å². The number of ether oxygens (including phenoxy) is 1. The molecule has 1 heterocycles. The Kier molecular flexibility index (Phi) is 3.58. The fraction of sp³-hybridized carbons (Fsp3) is 0.231. The predicted molar refractivity (Wildman–Crippen MR) is 63.5 cm³/mol. The highest BCUT2D eigenvalue weighted by Gasteiger charge is 2.08. The first-order valence-electron chi connectivity index (χ1n) is 5.49. The molecule has 18 heavy (non-hydrogen) atoms. The van der Waals surface area contributed by atoms with Crippen molar-refractivity contribution in [2.24, 2.45) is 7.05 Å². The SMILES string of the molecule is Cn1cc(CCOc2cccc(F)c2C#N)cn1. The first kappa shape index (κ1) is 12.1. The van der Waals surface area contributed by atoms with Crippen molar-refractivity contribution in [2.75, 3.05) is 6.61 Å². The van der Waals surface area contributed by atoms with Gasteiger partial charge in [0.05, 0.1) is 12.8 Å². The minimum Gasteiger partial charge on any atom is -0.492 e. The second-order valence-corrected chi connectivity index (χ2v) is 3.85. The largest absolute Gasteiger partial charge is 0.492 e. The van der Waals surface area contributed by atoms with Crippen LogP contribution in [0.4, 0.5) is 4.39 Å². The Hall–Kier alpha value is -2.35. The maximum Gasteiger partial charge on any atom is 0.144 e. The van der Waals surface area contributed by atoms with E-state index in [9.17, 15) is 4.39 Å². The molecule has 0 unspecified atom stereocenters. The van der Waals surface area contributed by atoms with Crippen LogP contribution in [-0.4, -0.2) is 16.4 Å². The fourth-order valence-electron chi connectivity index (χ4n) is 1.61. The molecule has 0 radical (unpaired) electrons. The first-order valence-corrected chi connectivity index (χ1v) is 5.49. The van der Waals surface area contributed by atoms with Crippen LogP contribution in [0.3, 0.4) is 0 Å². The molecule has 0 saturated carbocycles. The van der Waals surface area contributed by atoms with Crippen LogP contribution < -0.4 is 4.74 Å². The second kappa shape index (κ2) is 5.32. The summed E-state index contributed by atoms with van der Waals surface area (Å²) in [5.41, 5.74) is 0.982. The molecule has 1 aromatic heterocycles. The minimum absolute atomic E-state index is 0.0521. The molecule has 0 aliphatic rings. The highest BCUT2D eigenvalue weighted by molar-refractivity contribution is 5.43. The summed E-state index contributed by atoms with van der Waals surface area (Å²) in [7, 11) is 1.84. The average molecular weight is 245 g/mol. The van der Waals surface area contributed by atoms with Gasteiger partial charge in [-0.3, -0.25) is 4.68 Å². The average Bonchev–Trinajstić information content (AvgIpc) is 2.75. The molecular formula is C13H12FN3O. The number of aryl methyl sites for hydroxylation is 1. The van der Waals surface area contributed by atoms with Crippen LogP contribution in [0.5, 0.6) is 5.75 Å². The van der Waals surface area contributed by atoms with Crippen molar-refractivity contribution in [2.45, 2.75) is 6.42 Å². The summed E-state index contributed by atoms with van der Waals surface area (Å²) in [6.45, 7) is 0.379. The topological polar surface area (TPSA) is 50.8 Å². The van der Waals surface area contributed by atoms with Crippen LogP contribution in [0.2, 0.25) is 0 Å². The van der Waals surface area contributed by atoms with Gasteiger partial charge >= 0.3 is 0 Å². The lowest BCUT2D eigenvalue weighted by atomic mass is 10.2. The van der Waals surface area contributed by atoms with Gasteiger partial charge in [-0.25, -0.2) is 4.39 Å². The number of nitrogens with zero attached hydrogens (tertiary/aromatic N) is 3. The number of aromatic nitrogens is 2. The van der Waals surface area contributed by atoms with E-state index >= 15 is 0 Å². The Labute approximate surface area is 104 Å². The molecule has 0 amide bonds. The molecule has 0 saturated heterocycles. The molecule has 0 spiro atoms. The zero-order valence-corrected chi connectivity index (χ0v) is 9.93. The van der Waals surface area contributed by atoms with Gasteiger partial charge in [-0.15, -0.1) is 0 Å². The number of hydrogen-bond donors (Lipinski definition) is 0. The zero-order valence-electron chi connectivity index (χ0n) is 9.93. The number of hydrogen-bond acceptors (Lipinski definition) is 3. The third-order valence-electron chi connectivity index (χ3n) is 2.49. The van der Waals surface area contributed by atoms with E-state index in [1.165, 1.54) is 12.1 Å². The third kappa shape index (κ3) is 2.66. The van der Waals surface area contributed by atoms with E-state index in [4.69, 9.17) is 10.00 Å². The number of rotatable bonds is 4. The van der Waals surface area contributed by atoms with Gasteiger partial charge in [-0.2, -0.15) is 10.4 Å². The van der Waals surface area contributed by atoms with Gasteiger partial charge in [0.15, 0.2) is 0 Å². The van der Waals surface area contributed by atoms with Crippen molar-refractivity contribution in [3.8, 4) is 11.8 Å². The quantitative estimate of drug-likeness (QED) is 0.828. The van der Waals surface area contributed by atoms with Gasteiger partial charge in [-0.05, 0) is 17.7 Å². The molecule has 0 aliphatic heterocycles. The standard InChI is InChI=1S/C13H12FN3O/c1-17-9-10(8-16-17)5-6-18-13-4-2-3-12(14)11(13)7-15/h2-4,8-9H,5-6H2,1H3. The Morgan fingerprint density at radius 3 is 3.00 bits per heavy atom. The summed E-state index contributed by atoms with van der Waals surface area (Å²) >= 11 is 0. The molecule has 2 aromatic rings. The van der Waals surface area contributed by atoms with Crippen molar-refractivity contribution < 1.29 is 9.13 Å². The number of nitriles is 1.